The first-order chi connectivity index (χ1) is 11.9. The van der Waals surface area contributed by atoms with E-state index in [0.29, 0.717) is 17.5 Å². The van der Waals surface area contributed by atoms with Gasteiger partial charge in [-0.2, -0.15) is 4.98 Å². The third-order valence-corrected chi connectivity index (χ3v) is 3.90. The highest BCUT2D eigenvalue weighted by molar-refractivity contribution is 5.64. The third kappa shape index (κ3) is 3.91. The lowest BCUT2D eigenvalue weighted by atomic mass is 10.1. The second kappa shape index (κ2) is 6.84. The maximum Gasteiger partial charge on any atom is 0.229 e. The number of halogens is 2. The van der Waals surface area contributed by atoms with Crippen LogP contribution in [0.2, 0.25) is 0 Å². The lowest BCUT2D eigenvalue weighted by molar-refractivity contribution is 0.509. The van der Waals surface area contributed by atoms with Gasteiger partial charge in [-0.3, -0.25) is 0 Å². The second-order valence-corrected chi connectivity index (χ2v) is 5.84. The zero-order valence-corrected chi connectivity index (χ0v) is 14.2. The van der Waals surface area contributed by atoms with Crippen LogP contribution in [0.3, 0.4) is 0 Å². The maximum atomic E-state index is 13.3. The molecule has 4 nitrogen and oxygen atoms in total. The van der Waals surface area contributed by atoms with Gasteiger partial charge in [-0.1, -0.05) is 12.1 Å². The van der Waals surface area contributed by atoms with Gasteiger partial charge in [-0.15, -0.1) is 0 Å². The minimum atomic E-state index is -0.925. The first-order valence-corrected chi connectivity index (χ1v) is 7.83. The molecule has 1 heterocycles. The number of hydrogen-bond donors (Lipinski definition) is 2. The Labute approximate surface area is 145 Å². The molecule has 0 atom stereocenters. The molecule has 2 aromatic carbocycles. The van der Waals surface area contributed by atoms with Gasteiger partial charge in [0, 0.05) is 29.2 Å². The Kier molecular flexibility index (Phi) is 4.61. The molecule has 0 spiro atoms. The van der Waals surface area contributed by atoms with Crippen molar-refractivity contribution < 1.29 is 8.78 Å². The van der Waals surface area contributed by atoms with E-state index in [-0.39, 0.29) is 0 Å². The smallest absolute Gasteiger partial charge is 0.229 e. The van der Waals surface area contributed by atoms with E-state index in [1.54, 1.807) is 0 Å². The van der Waals surface area contributed by atoms with Crippen molar-refractivity contribution in [3.8, 4) is 0 Å². The van der Waals surface area contributed by atoms with Crippen molar-refractivity contribution in [2.75, 3.05) is 10.6 Å². The number of nitrogens with one attached hydrogen (secondary N) is 2. The van der Waals surface area contributed by atoms with E-state index < -0.39 is 11.6 Å². The average molecular weight is 340 g/mol. The van der Waals surface area contributed by atoms with E-state index in [4.69, 9.17) is 0 Å². The summed E-state index contributed by atoms with van der Waals surface area (Å²) in [5.41, 5.74) is 4.39. The van der Waals surface area contributed by atoms with Gasteiger partial charge in [-0.25, -0.2) is 13.8 Å². The van der Waals surface area contributed by atoms with Gasteiger partial charge in [0.1, 0.15) is 5.82 Å². The molecule has 0 bridgehead atoms. The summed E-state index contributed by atoms with van der Waals surface area (Å²) in [5.74, 6) is -0.899. The summed E-state index contributed by atoms with van der Waals surface area (Å²) in [7, 11) is 0. The highest BCUT2D eigenvalue weighted by Crippen LogP contribution is 2.24. The van der Waals surface area contributed by atoms with E-state index in [9.17, 15) is 8.78 Å². The van der Waals surface area contributed by atoms with E-state index in [0.717, 1.165) is 29.1 Å². The van der Waals surface area contributed by atoms with E-state index >= 15 is 0 Å². The minimum absolute atomic E-state index is 0.304. The molecule has 0 aliphatic rings. The molecule has 0 saturated carbocycles. The highest BCUT2D eigenvalue weighted by atomic mass is 19.2. The third-order valence-electron chi connectivity index (χ3n) is 3.90. The van der Waals surface area contributed by atoms with E-state index in [1.165, 1.54) is 11.6 Å². The van der Waals surface area contributed by atoms with Crippen molar-refractivity contribution in [3.63, 3.8) is 0 Å². The van der Waals surface area contributed by atoms with Gasteiger partial charge in [0.25, 0.3) is 0 Å². The Hall–Kier alpha value is -3.02. The van der Waals surface area contributed by atoms with E-state index in [1.807, 2.05) is 45.0 Å². The minimum Gasteiger partial charge on any atom is -0.340 e. The zero-order chi connectivity index (χ0) is 18.0. The van der Waals surface area contributed by atoms with Gasteiger partial charge in [-0.05, 0) is 50.1 Å². The summed E-state index contributed by atoms with van der Waals surface area (Å²) in [6.07, 6.45) is 0. The van der Waals surface area contributed by atoms with Gasteiger partial charge in [0.2, 0.25) is 5.95 Å². The molecule has 0 aliphatic heterocycles. The van der Waals surface area contributed by atoms with Crippen molar-refractivity contribution in [1.82, 2.24) is 9.97 Å². The largest absolute Gasteiger partial charge is 0.340 e. The van der Waals surface area contributed by atoms with Crippen molar-refractivity contribution >= 4 is 23.1 Å². The van der Waals surface area contributed by atoms with Crippen LogP contribution in [0, 0.1) is 32.4 Å². The normalized spacial score (nSPS) is 10.6. The van der Waals surface area contributed by atoms with Crippen LogP contribution in [0.15, 0.2) is 42.5 Å². The van der Waals surface area contributed by atoms with Crippen LogP contribution in [-0.4, -0.2) is 9.97 Å². The topological polar surface area (TPSA) is 49.8 Å². The summed E-state index contributed by atoms with van der Waals surface area (Å²) in [6, 6.07) is 11.4. The van der Waals surface area contributed by atoms with Gasteiger partial charge >= 0.3 is 0 Å². The van der Waals surface area contributed by atoms with Crippen molar-refractivity contribution in [1.29, 1.82) is 0 Å². The Morgan fingerprint density at radius 1 is 0.840 bits per heavy atom. The van der Waals surface area contributed by atoms with Gasteiger partial charge in [0.15, 0.2) is 11.6 Å². The van der Waals surface area contributed by atoms with Crippen LogP contribution < -0.4 is 10.6 Å². The number of rotatable bonds is 4. The van der Waals surface area contributed by atoms with Crippen molar-refractivity contribution in [2.45, 2.75) is 20.8 Å². The Morgan fingerprint density at radius 3 is 2.40 bits per heavy atom. The fourth-order valence-electron chi connectivity index (χ4n) is 2.42. The molecule has 0 saturated heterocycles. The van der Waals surface area contributed by atoms with Crippen molar-refractivity contribution in [3.05, 3.63) is 70.9 Å². The molecule has 3 rings (SSSR count). The summed E-state index contributed by atoms with van der Waals surface area (Å²) < 4.78 is 26.4. The molecule has 2 N–H and O–H groups in total. The number of aromatic nitrogens is 2. The Bertz CT molecular complexity index is 925. The molecule has 25 heavy (non-hydrogen) atoms. The Morgan fingerprint density at radius 2 is 1.64 bits per heavy atom. The molecule has 0 amide bonds. The summed E-state index contributed by atoms with van der Waals surface area (Å²) >= 11 is 0. The van der Waals surface area contributed by atoms with Crippen LogP contribution in [0.4, 0.5) is 31.9 Å². The lowest BCUT2D eigenvalue weighted by Gasteiger charge is -2.13. The van der Waals surface area contributed by atoms with E-state index in [2.05, 4.69) is 20.6 Å². The summed E-state index contributed by atoms with van der Waals surface area (Å²) in [5, 5.41) is 6.17. The molecule has 0 fully saturated rings. The standard InChI is InChI=1S/C19H18F2N4/c1-11-5-4-6-17(13(11)3)24-18-9-12(2)22-19(25-18)23-14-7-8-15(20)16(21)10-14/h4-10H,1-3H3,(H2,22,23,24,25). The summed E-state index contributed by atoms with van der Waals surface area (Å²) in [6.45, 7) is 5.92. The first kappa shape index (κ1) is 16.8. The van der Waals surface area contributed by atoms with Gasteiger partial charge < -0.3 is 10.6 Å². The predicted molar refractivity (Wildman–Crippen MR) is 95.6 cm³/mol. The number of benzene rings is 2. The average Bonchev–Trinajstić information content (AvgIpc) is 2.55. The first-order valence-electron chi connectivity index (χ1n) is 7.83. The predicted octanol–water partition coefficient (Wildman–Crippen LogP) is 5.17. The van der Waals surface area contributed by atoms with Crippen LogP contribution in [-0.2, 0) is 0 Å². The molecule has 128 valence electrons. The molecule has 3 aromatic rings. The van der Waals surface area contributed by atoms with Crippen molar-refractivity contribution in [2.24, 2.45) is 0 Å². The SMILES string of the molecule is Cc1cc(Nc2cccc(C)c2C)nc(Nc2ccc(F)c(F)c2)n1. The summed E-state index contributed by atoms with van der Waals surface area (Å²) in [4.78, 5) is 8.68. The molecule has 1 aromatic heterocycles. The number of hydrogen-bond acceptors (Lipinski definition) is 4. The fraction of sp³-hybridized carbons (Fsp3) is 0.158. The number of nitrogens with zero attached hydrogens (tertiary/aromatic N) is 2. The second-order valence-electron chi connectivity index (χ2n) is 5.84. The number of aryl methyl sites for hydroxylation is 2. The zero-order valence-electron chi connectivity index (χ0n) is 14.2. The van der Waals surface area contributed by atoms with Crippen LogP contribution >= 0.6 is 0 Å². The van der Waals surface area contributed by atoms with Gasteiger partial charge in [0.05, 0.1) is 0 Å². The maximum absolute atomic E-state index is 13.3. The van der Waals surface area contributed by atoms with Crippen LogP contribution in [0.1, 0.15) is 16.8 Å². The molecule has 0 aliphatic carbocycles. The molecule has 0 unspecified atom stereocenters. The fourth-order valence-corrected chi connectivity index (χ4v) is 2.42. The highest BCUT2D eigenvalue weighted by Gasteiger charge is 2.08. The molecular weight excluding hydrogens is 322 g/mol. The molecule has 6 heteroatoms. The van der Waals surface area contributed by atoms with Crippen LogP contribution in [0.25, 0.3) is 0 Å². The Balaban J connectivity index is 1.87. The molecular formula is C19H18F2N4. The lowest BCUT2D eigenvalue weighted by Crippen LogP contribution is -2.03. The number of anilines is 4. The molecule has 0 radical (unpaired) electrons. The monoisotopic (exact) mass is 340 g/mol. The quantitative estimate of drug-likeness (QED) is 0.688. The van der Waals surface area contributed by atoms with Crippen LogP contribution in [0.5, 0.6) is 0 Å².